The molecule has 0 aliphatic rings. The first kappa shape index (κ1) is 11.9. The lowest BCUT2D eigenvalue weighted by Crippen LogP contribution is -2.26. The van der Waals surface area contributed by atoms with Gasteiger partial charge in [-0.25, -0.2) is 0 Å². The molecule has 0 bridgehead atoms. The summed E-state index contributed by atoms with van der Waals surface area (Å²) in [7, 11) is 0. The van der Waals surface area contributed by atoms with Crippen molar-refractivity contribution in [2.24, 2.45) is 11.7 Å². The van der Waals surface area contributed by atoms with E-state index in [1.54, 1.807) is 0 Å². The van der Waals surface area contributed by atoms with Crippen LogP contribution in [0.5, 0.6) is 0 Å². The summed E-state index contributed by atoms with van der Waals surface area (Å²) in [5.74, 6) is 0.0914. The minimum Gasteiger partial charge on any atom is -0.370 e. The molecule has 0 aromatic rings. The van der Waals surface area contributed by atoms with Crippen LogP contribution in [0.15, 0.2) is 0 Å². The fourth-order valence-electron chi connectivity index (χ4n) is 0.933. The molecule has 4 nitrogen and oxygen atoms in total. The highest BCUT2D eigenvalue weighted by molar-refractivity contribution is 5.76. The van der Waals surface area contributed by atoms with Crippen molar-refractivity contribution >= 4 is 11.8 Å². The Kier molecular flexibility index (Phi) is 5.93. The quantitative estimate of drug-likeness (QED) is 0.590. The Hall–Kier alpha value is -1.06. The molecule has 0 aromatic carbocycles. The summed E-state index contributed by atoms with van der Waals surface area (Å²) in [6.45, 7) is 4.51. The Balaban J connectivity index is 3.32. The second-order valence-electron chi connectivity index (χ2n) is 3.52. The molecule has 0 heterocycles. The van der Waals surface area contributed by atoms with E-state index in [-0.39, 0.29) is 11.8 Å². The van der Waals surface area contributed by atoms with Crippen molar-refractivity contribution in [2.75, 3.05) is 6.54 Å². The van der Waals surface area contributed by atoms with Gasteiger partial charge in [-0.1, -0.05) is 13.8 Å². The molecule has 0 rings (SSSR count). The molecule has 4 heteroatoms. The number of hydrogen-bond donors (Lipinski definition) is 2. The second-order valence-corrected chi connectivity index (χ2v) is 3.52. The molecule has 0 aromatic heterocycles. The van der Waals surface area contributed by atoms with E-state index < -0.39 is 0 Å². The van der Waals surface area contributed by atoms with E-state index in [0.717, 1.165) is 0 Å². The molecule has 0 unspecified atom stereocenters. The molecular weight excluding hydrogens is 168 g/mol. The molecule has 3 N–H and O–H groups in total. The zero-order chi connectivity index (χ0) is 10.3. The van der Waals surface area contributed by atoms with Crippen LogP contribution >= 0.6 is 0 Å². The molecule has 0 saturated heterocycles. The van der Waals surface area contributed by atoms with Crippen LogP contribution in [0.2, 0.25) is 0 Å². The lowest BCUT2D eigenvalue weighted by molar-refractivity contribution is -0.122. The van der Waals surface area contributed by atoms with E-state index in [4.69, 9.17) is 5.73 Å². The van der Waals surface area contributed by atoms with E-state index in [1.807, 2.05) is 13.8 Å². The first-order valence-electron chi connectivity index (χ1n) is 4.57. The zero-order valence-corrected chi connectivity index (χ0v) is 8.30. The van der Waals surface area contributed by atoms with Crippen LogP contribution < -0.4 is 11.1 Å². The largest absolute Gasteiger partial charge is 0.370 e. The molecule has 0 saturated carbocycles. The summed E-state index contributed by atoms with van der Waals surface area (Å²) in [6.07, 6.45) is 1.50. The Labute approximate surface area is 78.9 Å². The molecule has 76 valence electrons. The lowest BCUT2D eigenvalue weighted by Gasteiger charge is -2.05. The van der Waals surface area contributed by atoms with Gasteiger partial charge in [0.1, 0.15) is 0 Å². The van der Waals surface area contributed by atoms with Gasteiger partial charge >= 0.3 is 0 Å². The Morgan fingerprint density at radius 2 is 2.00 bits per heavy atom. The maximum atomic E-state index is 11.1. The summed E-state index contributed by atoms with van der Waals surface area (Å²) >= 11 is 0. The van der Waals surface area contributed by atoms with E-state index >= 15 is 0 Å². The van der Waals surface area contributed by atoms with Gasteiger partial charge in [-0.15, -0.1) is 0 Å². The third-order valence-corrected chi connectivity index (χ3v) is 1.52. The summed E-state index contributed by atoms with van der Waals surface area (Å²) in [4.78, 5) is 21.4. The Morgan fingerprint density at radius 1 is 1.38 bits per heavy atom. The summed E-state index contributed by atoms with van der Waals surface area (Å²) in [5, 5.41) is 2.72. The van der Waals surface area contributed by atoms with Crippen LogP contribution in [-0.2, 0) is 9.59 Å². The topological polar surface area (TPSA) is 72.2 Å². The smallest absolute Gasteiger partial charge is 0.220 e. The minimum absolute atomic E-state index is 0.0412. The molecule has 0 aliphatic heterocycles. The average Bonchev–Trinajstić information content (AvgIpc) is 1.96. The zero-order valence-electron chi connectivity index (χ0n) is 8.30. The van der Waals surface area contributed by atoms with Crippen molar-refractivity contribution in [1.29, 1.82) is 0 Å². The third-order valence-electron chi connectivity index (χ3n) is 1.52. The monoisotopic (exact) mass is 186 g/mol. The first-order chi connectivity index (χ1) is 6.02. The lowest BCUT2D eigenvalue weighted by atomic mass is 10.1. The van der Waals surface area contributed by atoms with E-state index in [2.05, 4.69) is 5.32 Å². The number of carbonyl (C=O) groups excluding carboxylic acids is 2. The predicted octanol–water partition coefficient (Wildman–Crippen LogP) is 0.414. The SMILES string of the molecule is CC(C)CC(=O)NCCCC(N)=O. The van der Waals surface area contributed by atoms with Gasteiger partial charge < -0.3 is 11.1 Å². The average molecular weight is 186 g/mol. The summed E-state index contributed by atoms with van der Waals surface area (Å²) < 4.78 is 0. The van der Waals surface area contributed by atoms with Crippen LogP contribution in [0, 0.1) is 5.92 Å². The van der Waals surface area contributed by atoms with Crippen molar-refractivity contribution in [2.45, 2.75) is 33.1 Å². The molecule has 0 spiro atoms. The maximum absolute atomic E-state index is 11.1. The third kappa shape index (κ3) is 8.85. The van der Waals surface area contributed by atoms with Crippen LogP contribution in [0.25, 0.3) is 0 Å². The van der Waals surface area contributed by atoms with Crippen LogP contribution in [0.1, 0.15) is 33.1 Å². The van der Waals surface area contributed by atoms with Crippen molar-refractivity contribution in [1.82, 2.24) is 5.32 Å². The fraction of sp³-hybridized carbons (Fsp3) is 0.778. The van der Waals surface area contributed by atoms with Gasteiger partial charge in [0.15, 0.2) is 0 Å². The maximum Gasteiger partial charge on any atom is 0.220 e. The number of rotatable bonds is 6. The fourth-order valence-corrected chi connectivity index (χ4v) is 0.933. The van der Waals surface area contributed by atoms with Crippen LogP contribution in [-0.4, -0.2) is 18.4 Å². The molecule has 0 radical (unpaired) electrons. The highest BCUT2D eigenvalue weighted by Crippen LogP contribution is 1.98. The molecule has 0 fully saturated rings. The van der Waals surface area contributed by atoms with E-state index in [9.17, 15) is 9.59 Å². The van der Waals surface area contributed by atoms with Gasteiger partial charge in [-0.2, -0.15) is 0 Å². The molecule has 0 atom stereocenters. The molecular formula is C9H18N2O2. The number of hydrogen-bond acceptors (Lipinski definition) is 2. The Morgan fingerprint density at radius 3 is 2.46 bits per heavy atom. The van der Waals surface area contributed by atoms with Gasteiger partial charge in [0.05, 0.1) is 0 Å². The Bertz CT molecular complexity index is 178. The van der Waals surface area contributed by atoms with Gasteiger partial charge in [0.2, 0.25) is 11.8 Å². The predicted molar refractivity (Wildman–Crippen MR) is 50.9 cm³/mol. The number of nitrogens with two attached hydrogens (primary N) is 1. The van der Waals surface area contributed by atoms with Gasteiger partial charge in [-0.05, 0) is 12.3 Å². The van der Waals surface area contributed by atoms with Gasteiger partial charge in [0, 0.05) is 19.4 Å². The van der Waals surface area contributed by atoms with Gasteiger partial charge in [-0.3, -0.25) is 9.59 Å². The summed E-state index contributed by atoms with van der Waals surface area (Å²) in [6, 6.07) is 0. The number of primary amides is 1. The second kappa shape index (κ2) is 6.46. The van der Waals surface area contributed by atoms with E-state index in [0.29, 0.717) is 31.7 Å². The van der Waals surface area contributed by atoms with E-state index in [1.165, 1.54) is 0 Å². The van der Waals surface area contributed by atoms with Crippen molar-refractivity contribution < 1.29 is 9.59 Å². The number of carbonyl (C=O) groups is 2. The van der Waals surface area contributed by atoms with Crippen LogP contribution in [0.4, 0.5) is 0 Å². The standard InChI is InChI=1S/C9H18N2O2/c1-7(2)6-9(13)11-5-3-4-8(10)12/h7H,3-6H2,1-2H3,(H2,10,12)(H,11,13). The van der Waals surface area contributed by atoms with Crippen molar-refractivity contribution in [3.8, 4) is 0 Å². The molecule has 13 heavy (non-hydrogen) atoms. The normalized spacial score (nSPS) is 10.1. The molecule has 2 amide bonds. The highest BCUT2D eigenvalue weighted by Gasteiger charge is 2.03. The number of amides is 2. The molecule has 0 aliphatic carbocycles. The minimum atomic E-state index is -0.321. The highest BCUT2D eigenvalue weighted by atomic mass is 16.2. The number of nitrogens with one attached hydrogen (secondary N) is 1. The van der Waals surface area contributed by atoms with Gasteiger partial charge in [0.25, 0.3) is 0 Å². The van der Waals surface area contributed by atoms with Crippen molar-refractivity contribution in [3.05, 3.63) is 0 Å². The van der Waals surface area contributed by atoms with Crippen LogP contribution in [0.3, 0.4) is 0 Å². The van der Waals surface area contributed by atoms with Crippen molar-refractivity contribution in [3.63, 3.8) is 0 Å². The first-order valence-corrected chi connectivity index (χ1v) is 4.57. The summed E-state index contributed by atoms with van der Waals surface area (Å²) in [5.41, 5.74) is 4.94.